The summed E-state index contributed by atoms with van der Waals surface area (Å²) >= 11 is 0. The maximum absolute atomic E-state index is 13.7. The molecule has 2 atom stereocenters. The molecule has 0 radical (unpaired) electrons. The van der Waals surface area contributed by atoms with Crippen LogP contribution in [0.1, 0.15) is 68.6 Å². The van der Waals surface area contributed by atoms with E-state index in [4.69, 9.17) is 4.52 Å². The number of amidine groups is 1. The van der Waals surface area contributed by atoms with Gasteiger partial charge in [0.25, 0.3) is 15.9 Å². The van der Waals surface area contributed by atoms with E-state index in [0.29, 0.717) is 24.0 Å². The van der Waals surface area contributed by atoms with Crippen molar-refractivity contribution in [2.75, 3.05) is 0 Å². The van der Waals surface area contributed by atoms with Gasteiger partial charge in [0.15, 0.2) is 0 Å². The smallest absolute Gasteiger partial charge is 0.296 e. The fraction of sp³-hybridized carbons (Fsp3) is 0.393. The maximum atomic E-state index is 13.7. The Morgan fingerprint density at radius 1 is 1.10 bits per heavy atom. The summed E-state index contributed by atoms with van der Waals surface area (Å²) in [4.78, 5) is 35.9. The van der Waals surface area contributed by atoms with Crippen molar-refractivity contribution in [2.45, 2.75) is 69.4 Å². The fourth-order valence-corrected chi connectivity index (χ4v) is 6.52. The first-order chi connectivity index (χ1) is 18.7. The summed E-state index contributed by atoms with van der Waals surface area (Å²) < 4.78 is 33.0. The van der Waals surface area contributed by atoms with Crippen molar-refractivity contribution in [3.8, 4) is 11.4 Å². The van der Waals surface area contributed by atoms with Crippen LogP contribution in [0.5, 0.6) is 0 Å². The summed E-state index contributed by atoms with van der Waals surface area (Å²) in [5.41, 5.74) is 1.01. The van der Waals surface area contributed by atoms with E-state index in [9.17, 15) is 18.0 Å². The standard InChI is InChI=1S/C28H31N5O5S/c1-3-20(23(34)27-31-24(32-38-27)18-11-5-4-6-12-18)30-26(35)21(17-28(2)15-9-10-16-28)29-25-19-13-7-8-14-22(19)39(36,37)33-25/h4-8,11-14,20-21H,3,9-10,15-17H2,1-2H3,(H,29,33)(H,30,35)/t20-,21-/m0/s1. The number of carbonyl (C=O) groups excluding carboxylic acids is 2. The van der Waals surface area contributed by atoms with Gasteiger partial charge in [-0.25, -0.2) is 8.42 Å². The Hall–Kier alpha value is -3.86. The van der Waals surface area contributed by atoms with Crippen LogP contribution in [-0.2, 0) is 14.8 Å². The van der Waals surface area contributed by atoms with Crippen molar-refractivity contribution in [3.05, 3.63) is 66.1 Å². The van der Waals surface area contributed by atoms with Crippen LogP contribution in [0.2, 0.25) is 0 Å². The SMILES string of the molecule is CC[C@H](NC(=O)[C@H](CC1(C)CCCC1)N=C1NS(=O)(=O)c2ccccc21)C(=O)c1nc(-c2ccccc2)no1. The number of nitrogens with zero attached hydrogens (tertiary/aromatic N) is 3. The molecule has 39 heavy (non-hydrogen) atoms. The van der Waals surface area contributed by atoms with E-state index in [2.05, 4.69) is 32.1 Å². The lowest BCUT2D eigenvalue weighted by Gasteiger charge is -2.28. The molecule has 5 rings (SSSR count). The van der Waals surface area contributed by atoms with E-state index >= 15 is 0 Å². The Bertz CT molecular complexity index is 1510. The number of aromatic nitrogens is 2. The Morgan fingerprint density at radius 2 is 1.79 bits per heavy atom. The first-order valence-corrected chi connectivity index (χ1v) is 14.6. The quantitative estimate of drug-likeness (QED) is 0.385. The third kappa shape index (κ3) is 5.63. The molecule has 2 heterocycles. The maximum Gasteiger partial charge on any atom is 0.296 e. The number of hydrogen-bond acceptors (Lipinski definition) is 8. The summed E-state index contributed by atoms with van der Waals surface area (Å²) in [6.07, 6.45) is 4.75. The molecule has 11 heteroatoms. The number of sulfonamides is 1. The average molecular weight is 550 g/mol. The third-order valence-corrected chi connectivity index (χ3v) is 8.85. The predicted molar refractivity (Wildman–Crippen MR) is 145 cm³/mol. The van der Waals surface area contributed by atoms with Gasteiger partial charge in [-0.3, -0.25) is 19.3 Å². The molecule has 3 aromatic rings. The topological polar surface area (TPSA) is 144 Å². The second-order valence-corrected chi connectivity index (χ2v) is 12.1. The molecule has 1 saturated carbocycles. The number of nitrogens with one attached hydrogen (secondary N) is 2. The highest BCUT2D eigenvalue weighted by Gasteiger charge is 2.38. The number of carbonyl (C=O) groups is 2. The normalized spacial score (nSPS) is 19.7. The first-order valence-electron chi connectivity index (χ1n) is 13.1. The van der Waals surface area contributed by atoms with Crippen molar-refractivity contribution in [1.29, 1.82) is 0 Å². The number of Topliss-reactive ketones (excluding diaryl/α,β-unsaturated/α-hetero) is 1. The van der Waals surface area contributed by atoms with E-state index in [1.807, 2.05) is 18.2 Å². The van der Waals surface area contributed by atoms with Crippen molar-refractivity contribution in [3.63, 3.8) is 0 Å². The number of aliphatic imine (C=N–C) groups is 1. The van der Waals surface area contributed by atoms with Gasteiger partial charge < -0.3 is 9.84 Å². The lowest BCUT2D eigenvalue weighted by molar-refractivity contribution is -0.123. The Morgan fingerprint density at radius 3 is 2.51 bits per heavy atom. The number of ketones is 1. The van der Waals surface area contributed by atoms with Gasteiger partial charge in [-0.15, -0.1) is 0 Å². The Balaban J connectivity index is 1.40. The highest BCUT2D eigenvalue weighted by molar-refractivity contribution is 7.90. The number of fused-ring (bicyclic) bond motifs is 1. The second kappa shape index (κ2) is 10.7. The van der Waals surface area contributed by atoms with Gasteiger partial charge in [0.2, 0.25) is 17.5 Å². The zero-order valence-corrected chi connectivity index (χ0v) is 22.7. The van der Waals surface area contributed by atoms with Gasteiger partial charge in [-0.1, -0.05) is 74.3 Å². The summed E-state index contributed by atoms with van der Waals surface area (Å²) in [5.74, 6) is -0.723. The molecular weight excluding hydrogens is 518 g/mol. The molecule has 2 N–H and O–H groups in total. The van der Waals surface area contributed by atoms with Crippen molar-refractivity contribution >= 4 is 27.5 Å². The molecule has 1 aliphatic carbocycles. The summed E-state index contributed by atoms with van der Waals surface area (Å²) in [5, 5.41) is 6.74. The molecule has 1 amide bonds. The molecule has 1 aromatic heterocycles. The third-order valence-electron chi connectivity index (χ3n) is 7.46. The largest absolute Gasteiger partial charge is 0.344 e. The van der Waals surface area contributed by atoms with Gasteiger partial charge in [0, 0.05) is 11.1 Å². The van der Waals surface area contributed by atoms with E-state index in [0.717, 1.165) is 25.7 Å². The zero-order chi connectivity index (χ0) is 27.6. The molecule has 1 aliphatic heterocycles. The second-order valence-electron chi connectivity index (χ2n) is 10.4. The van der Waals surface area contributed by atoms with Gasteiger partial charge in [0.05, 0.1) is 10.9 Å². The Kier molecular flexibility index (Phi) is 7.35. The van der Waals surface area contributed by atoms with Crippen LogP contribution in [0.25, 0.3) is 11.4 Å². The van der Waals surface area contributed by atoms with Gasteiger partial charge in [0.1, 0.15) is 11.9 Å². The van der Waals surface area contributed by atoms with Gasteiger partial charge >= 0.3 is 0 Å². The van der Waals surface area contributed by atoms with Crippen LogP contribution in [0.3, 0.4) is 0 Å². The predicted octanol–water partition coefficient (Wildman–Crippen LogP) is 3.89. The molecule has 0 spiro atoms. The molecule has 10 nitrogen and oxygen atoms in total. The van der Waals surface area contributed by atoms with Crippen molar-refractivity contribution in [1.82, 2.24) is 20.2 Å². The molecule has 2 aromatic carbocycles. The van der Waals surface area contributed by atoms with Crippen LogP contribution in [0.15, 0.2) is 69.0 Å². The summed E-state index contributed by atoms with van der Waals surface area (Å²) in [6, 6.07) is 13.9. The minimum Gasteiger partial charge on any atom is -0.344 e. The average Bonchev–Trinajstić information content (AvgIpc) is 3.66. The number of hydrogen-bond donors (Lipinski definition) is 2. The monoisotopic (exact) mass is 549 g/mol. The van der Waals surface area contributed by atoms with Crippen LogP contribution in [0, 0.1) is 5.41 Å². The fourth-order valence-electron chi connectivity index (χ4n) is 5.28. The molecule has 1 fully saturated rings. The lowest BCUT2D eigenvalue weighted by Crippen LogP contribution is -2.46. The lowest BCUT2D eigenvalue weighted by atomic mass is 9.82. The van der Waals surface area contributed by atoms with Crippen LogP contribution in [0.4, 0.5) is 0 Å². The Labute approximate surface area is 227 Å². The van der Waals surface area contributed by atoms with Crippen LogP contribution in [-0.4, -0.2) is 48.2 Å². The minimum atomic E-state index is -3.76. The van der Waals surface area contributed by atoms with Gasteiger partial charge in [-0.2, -0.15) is 4.98 Å². The zero-order valence-electron chi connectivity index (χ0n) is 21.9. The number of benzene rings is 2. The molecule has 204 valence electrons. The number of rotatable bonds is 9. The molecular formula is C28H31N5O5S. The summed E-state index contributed by atoms with van der Waals surface area (Å²) in [6.45, 7) is 3.90. The van der Waals surface area contributed by atoms with Crippen molar-refractivity contribution < 1.29 is 22.5 Å². The van der Waals surface area contributed by atoms with Crippen LogP contribution < -0.4 is 10.0 Å². The highest BCUT2D eigenvalue weighted by atomic mass is 32.2. The van der Waals surface area contributed by atoms with E-state index in [-0.39, 0.29) is 27.9 Å². The van der Waals surface area contributed by atoms with E-state index in [1.54, 1.807) is 37.3 Å². The van der Waals surface area contributed by atoms with E-state index in [1.165, 1.54) is 6.07 Å². The number of amides is 1. The minimum absolute atomic E-state index is 0.119. The highest BCUT2D eigenvalue weighted by Crippen LogP contribution is 2.42. The summed E-state index contributed by atoms with van der Waals surface area (Å²) in [7, 11) is -3.76. The van der Waals surface area contributed by atoms with Crippen molar-refractivity contribution in [2.24, 2.45) is 10.4 Å². The molecule has 2 aliphatic rings. The first kappa shape index (κ1) is 26.7. The van der Waals surface area contributed by atoms with Gasteiger partial charge in [-0.05, 0) is 43.2 Å². The van der Waals surface area contributed by atoms with E-state index < -0.39 is 33.8 Å². The molecule has 0 unspecified atom stereocenters. The van der Waals surface area contributed by atoms with Crippen LogP contribution >= 0.6 is 0 Å². The molecule has 0 bridgehead atoms. The molecule has 0 saturated heterocycles.